The quantitative estimate of drug-likeness (QED) is 0.0469. The Morgan fingerprint density at radius 3 is 1.80 bits per heavy atom. The molecule has 0 aliphatic rings. The zero-order valence-corrected chi connectivity index (χ0v) is 25.1. The van der Waals surface area contributed by atoms with E-state index in [0.29, 0.717) is 6.42 Å². The summed E-state index contributed by atoms with van der Waals surface area (Å²) in [6.07, 6.45) is 20.7. The molecule has 0 aliphatic heterocycles. The molecule has 0 saturated carbocycles. The maximum absolute atomic E-state index is 12.8. The Balaban J connectivity index is 4.49. The number of unbranched alkanes of at least 4 members (excludes halogenated alkanes) is 13. The third-order valence-electron chi connectivity index (χ3n) is 6.10. The van der Waals surface area contributed by atoms with Crippen LogP contribution in [0.1, 0.15) is 137 Å². The van der Waals surface area contributed by atoms with Gasteiger partial charge < -0.3 is 4.74 Å². The molecule has 0 aromatic rings. The summed E-state index contributed by atoms with van der Waals surface area (Å²) < 4.78 is 27.7. The van der Waals surface area contributed by atoms with Crippen molar-refractivity contribution >= 4 is 25.1 Å². The topological polar surface area (TPSA) is 71.1 Å². The van der Waals surface area contributed by atoms with Crippen molar-refractivity contribution in [3.05, 3.63) is 0 Å². The highest BCUT2D eigenvalue weighted by Gasteiger charge is 2.39. The van der Waals surface area contributed by atoms with Crippen LogP contribution in [0.15, 0.2) is 0 Å². The smallest absolute Gasteiger partial charge is 0.460 e. The van der Waals surface area contributed by atoms with Gasteiger partial charge in [0.15, 0.2) is 0 Å². The van der Waals surface area contributed by atoms with Crippen molar-refractivity contribution in [3.8, 4) is 0 Å². The summed E-state index contributed by atoms with van der Waals surface area (Å²) >= 11 is 1.90. The van der Waals surface area contributed by atoms with E-state index in [9.17, 15) is 9.36 Å². The van der Waals surface area contributed by atoms with Crippen LogP contribution in [-0.2, 0) is 23.4 Å². The van der Waals surface area contributed by atoms with Crippen LogP contribution in [0.25, 0.3) is 0 Å². The first kappa shape index (κ1) is 34.9. The number of ether oxygens (including phenoxy) is 1. The fraction of sp³-hybridized carbons (Fsp3) is 0.963. The van der Waals surface area contributed by atoms with Crippen LogP contribution in [0.3, 0.4) is 0 Å². The normalized spacial score (nSPS) is 15.0. The molecule has 0 fully saturated rings. The van der Waals surface area contributed by atoms with Crippen molar-refractivity contribution in [2.75, 3.05) is 19.5 Å². The third kappa shape index (κ3) is 18.8. The molecular weight excluding hydrogens is 483 g/mol. The third-order valence-corrected chi connectivity index (χ3v) is 9.11. The minimum atomic E-state index is -4.11. The van der Waals surface area contributed by atoms with Gasteiger partial charge in [-0.15, -0.1) is 4.67 Å². The Hall–Kier alpha value is -0.0700. The number of hydrogen-bond acceptors (Lipinski definition) is 7. The number of rotatable bonds is 26. The average Bonchev–Trinajstić information content (AvgIpc) is 2.87. The van der Waals surface area contributed by atoms with E-state index in [1.54, 1.807) is 0 Å². The molecule has 0 aromatic heterocycles. The van der Waals surface area contributed by atoms with E-state index in [0.717, 1.165) is 18.6 Å². The van der Waals surface area contributed by atoms with Gasteiger partial charge in [-0.05, 0) is 31.9 Å². The van der Waals surface area contributed by atoms with Gasteiger partial charge in [-0.1, -0.05) is 111 Å². The largest absolute Gasteiger partial charge is 0.464 e. The van der Waals surface area contributed by atoms with Crippen molar-refractivity contribution in [1.29, 1.82) is 0 Å². The Bertz CT molecular complexity index is 534. The predicted octanol–water partition coefficient (Wildman–Crippen LogP) is 10.1. The fourth-order valence-corrected chi connectivity index (χ4v) is 6.27. The summed E-state index contributed by atoms with van der Waals surface area (Å²) in [7, 11) is -2.95. The lowest BCUT2D eigenvalue weighted by molar-refractivity contribution is -0.245. The summed E-state index contributed by atoms with van der Waals surface area (Å²) in [6, 6.07) is 0. The molecule has 0 N–H and O–H groups in total. The molecule has 3 unspecified atom stereocenters. The lowest BCUT2D eigenvalue weighted by Gasteiger charge is -2.24. The molecule has 3 atom stereocenters. The van der Waals surface area contributed by atoms with Crippen LogP contribution < -0.4 is 0 Å². The molecule has 0 aliphatic carbocycles. The lowest BCUT2D eigenvalue weighted by Crippen LogP contribution is -2.24. The van der Waals surface area contributed by atoms with Gasteiger partial charge in [0.25, 0.3) is 0 Å². The monoisotopic (exact) mass is 538 g/mol. The van der Waals surface area contributed by atoms with Crippen LogP contribution in [0.4, 0.5) is 4.79 Å². The summed E-state index contributed by atoms with van der Waals surface area (Å²) in [5.41, 5.74) is -1.02. The van der Waals surface area contributed by atoms with E-state index in [1.165, 1.54) is 97.0 Å². The van der Waals surface area contributed by atoms with Gasteiger partial charge in [0.05, 0.1) is 13.7 Å². The number of carbonyl (C=O) groups excluding carboxylic acids is 1. The predicted molar refractivity (Wildman–Crippen MR) is 149 cm³/mol. The Labute approximate surface area is 220 Å². The fourth-order valence-electron chi connectivity index (χ4n) is 3.84. The van der Waals surface area contributed by atoms with Crippen LogP contribution in [0.2, 0.25) is 0 Å². The first-order valence-corrected chi connectivity index (χ1v) is 16.8. The van der Waals surface area contributed by atoms with Gasteiger partial charge in [-0.2, -0.15) is 11.8 Å². The SMILES string of the molecule is CCCCCCCCCCCCSC(CCCCCCC)C(C)OOP(=O)(OCCC)C(=O)OC. The highest BCUT2D eigenvalue weighted by atomic mass is 32.2. The second-order valence-corrected chi connectivity index (χ2v) is 12.6. The summed E-state index contributed by atoms with van der Waals surface area (Å²) in [4.78, 5) is 17.5. The van der Waals surface area contributed by atoms with Crippen LogP contribution in [0.5, 0.6) is 0 Å². The standard InChI is InChI=1S/C27H55O6PS/c1-6-9-11-13-14-15-16-17-19-21-24-35-26(22-20-18-12-10-7-2)25(4)32-33-34(29,27(28)30-5)31-23-8-3/h25-26H,6-24H2,1-5H3. The number of carbonyl (C=O) groups is 1. The lowest BCUT2D eigenvalue weighted by atomic mass is 10.1. The molecule has 6 nitrogen and oxygen atoms in total. The van der Waals surface area contributed by atoms with E-state index in [-0.39, 0.29) is 18.0 Å². The molecule has 0 saturated heterocycles. The molecule has 35 heavy (non-hydrogen) atoms. The Morgan fingerprint density at radius 2 is 1.29 bits per heavy atom. The van der Waals surface area contributed by atoms with E-state index < -0.39 is 13.3 Å². The first-order chi connectivity index (χ1) is 16.9. The molecule has 210 valence electrons. The Kier molecular flexibility index (Phi) is 24.2. The maximum atomic E-state index is 12.8. The molecule has 0 amide bonds. The number of hydrogen-bond donors (Lipinski definition) is 0. The van der Waals surface area contributed by atoms with Gasteiger partial charge in [-0.3, -0.25) is 4.52 Å². The van der Waals surface area contributed by atoms with Crippen molar-refractivity contribution in [2.45, 2.75) is 148 Å². The summed E-state index contributed by atoms with van der Waals surface area (Å²) in [6.45, 7) is 8.41. The average molecular weight is 539 g/mol. The van der Waals surface area contributed by atoms with Gasteiger partial charge in [0.1, 0.15) is 6.10 Å². The van der Waals surface area contributed by atoms with Gasteiger partial charge in [0, 0.05) is 5.25 Å². The van der Waals surface area contributed by atoms with Crippen molar-refractivity contribution < 1.29 is 28.2 Å². The Morgan fingerprint density at radius 1 is 0.771 bits per heavy atom. The first-order valence-electron chi connectivity index (χ1n) is 14.2. The number of methoxy groups -OCH3 is 1. The summed E-state index contributed by atoms with van der Waals surface area (Å²) in [5.74, 6) is 1.07. The molecule has 0 aromatic carbocycles. The highest BCUT2D eigenvalue weighted by Crippen LogP contribution is 2.50. The zero-order valence-electron chi connectivity index (χ0n) is 23.4. The van der Waals surface area contributed by atoms with E-state index in [1.807, 2.05) is 25.6 Å². The minimum absolute atomic E-state index is 0.137. The van der Waals surface area contributed by atoms with Gasteiger partial charge in [0.2, 0.25) is 0 Å². The van der Waals surface area contributed by atoms with Gasteiger partial charge >= 0.3 is 13.3 Å². The van der Waals surface area contributed by atoms with E-state index in [4.69, 9.17) is 14.1 Å². The summed E-state index contributed by atoms with van der Waals surface area (Å²) in [5, 5.41) is 0.215. The molecule has 0 rings (SSSR count). The minimum Gasteiger partial charge on any atom is -0.460 e. The van der Waals surface area contributed by atoms with Crippen molar-refractivity contribution in [2.24, 2.45) is 0 Å². The second-order valence-electron chi connectivity index (χ2n) is 9.47. The second kappa shape index (κ2) is 24.3. The number of thioether (sulfide) groups is 1. The van der Waals surface area contributed by atoms with Crippen LogP contribution in [0, 0.1) is 0 Å². The zero-order chi connectivity index (χ0) is 26.2. The highest BCUT2D eigenvalue weighted by molar-refractivity contribution is 7.99. The molecule has 0 radical (unpaired) electrons. The molecular formula is C27H55O6PS. The maximum Gasteiger partial charge on any atom is 0.464 e. The van der Waals surface area contributed by atoms with Gasteiger partial charge in [-0.25, -0.2) is 14.2 Å². The molecule has 8 heteroatoms. The van der Waals surface area contributed by atoms with Crippen molar-refractivity contribution in [3.63, 3.8) is 0 Å². The molecule has 0 heterocycles. The van der Waals surface area contributed by atoms with E-state index >= 15 is 0 Å². The van der Waals surface area contributed by atoms with Crippen LogP contribution in [-0.4, -0.2) is 36.5 Å². The van der Waals surface area contributed by atoms with E-state index in [2.05, 4.69) is 18.6 Å². The van der Waals surface area contributed by atoms with Crippen LogP contribution >= 0.6 is 19.4 Å². The molecule has 0 spiro atoms. The molecule has 0 bridgehead atoms. The van der Waals surface area contributed by atoms with Crippen molar-refractivity contribution in [1.82, 2.24) is 0 Å².